The molecule has 0 atom stereocenters. The number of rotatable bonds is 9. The van der Waals surface area contributed by atoms with Gasteiger partial charge < -0.3 is 25.2 Å². The van der Waals surface area contributed by atoms with Gasteiger partial charge in [0, 0.05) is 51.4 Å². The summed E-state index contributed by atoms with van der Waals surface area (Å²) in [6.07, 6.45) is 0.451. The topological polar surface area (TPSA) is 73.9 Å². The van der Waals surface area contributed by atoms with E-state index in [0.717, 1.165) is 37.3 Å². The van der Waals surface area contributed by atoms with E-state index >= 15 is 0 Å². The summed E-state index contributed by atoms with van der Waals surface area (Å²) < 4.78 is 5.16. The van der Waals surface area contributed by atoms with Crippen LogP contribution < -0.4 is 15.5 Å². The van der Waals surface area contributed by atoms with Crippen LogP contribution in [0.1, 0.15) is 24.0 Å². The average Bonchev–Trinajstić information content (AvgIpc) is 2.80. The average molecular weight is 425 g/mol. The van der Waals surface area contributed by atoms with E-state index in [2.05, 4.69) is 39.6 Å². The highest BCUT2D eigenvalue weighted by atomic mass is 16.5. The number of likely N-dealkylation sites (N-methyl/N-ethyl adjacent to an activating group) is 1. The van der Waals surface area contributed by atoms with Gasteiger partial charge in [0.05, 0.1) is 0 Å². The van der Waals surface area contributed by atoms with Gasteiger partial charge in [-0.15, -0.1) is 0 Å². The molecular weight excluding hydrogens is 392 g/mol. The van der Waals surface area contributed by atoms with Crippen molar-refractivity contribution in [3.63, 3.8) is 0 Å². The lowest BCUT2D eigenvalue weighted by Gasteiger charge is -2.35. The van der Waals surface area contributed by atoms with Crippen LogP contribution in [0.5, 0.6) is 0 Å². The SMILES string of the molecule is CN1CCN(c2ccccc2CNC(=O)CCCNC(=O)OCc2ccccc2)CC1. The molecule has 0 unspecified atom stereocenters. The fourth-order valence-corrected chi connectivity index (χ4v) is 3.51. The predicted octanol–water partition coefficient (Wildman–Crippen LogP) is 2.76. The lowest BCUT2D eigenvalue weighted by molar-refractivity contribution is -0.121. The van der Waals surface area contributed by atoms with Crippen LogP contribution in [0.25, 0.3) is 0 Å². The van der Waals surface area contributed by atoms with Gasteiger partial charge >= 0.3 is 6.09 Å². The lowest BCUT2D eigenvalue weighted by Crippen LogP contribution is -2.45. The molecule has 2 amide bonds. The fourth-order valence-electron chi connectivity index (χ4n) is 3.51. The number of carbonyl (C=O) groups excluding carboxylic acids is 2. The van der Waals surface area contributed by atoms with Crippen LogP contribution in [0.4, 0.5) is 10.5 Å². The van der Waals surface area contributed by atoms with Gasteiger partial charge in [0.2, 0.25) is 5.91 Å². The molecule has 3 rings (SSSR count). The quantitative estimate of drug-likeness (QED) is 0.606. The van der Waals surface area contributed by atoms with Crippen LogP contribution in [0.15, 0.2) is 54.6 Å². The van der Waals surface area contributed by atoms with Gasteiger partial charge in [-0.1, -0.05) is 48.5 Å². The lowest BCUT2D eigenvalue weighted by atomic mass is 10.1. The third-order valence-corrected chi connectivity index (χ3v) is 5.37. The van der Waals surface area contributed by atoms with Crippen LogP contribution in [0.2, 0.25) is 0 Å². The largest absolute Gasteiger partial charge is 0.445 e. The minimum atomic E-state index is -0.467. The van der Waals surface area contributed by atoms with E-state index < -0.39 is 6.09 Å². The van der Waals surface area contributed by atoms with Gasteiger partial charge in [-0.05, 0) is 30.7 Å². The summed E-state index contributed by atoms with van der Waals surface area (Å²) >= 11 is 0. The molecule has 1 aliphatic rings. The summed E-state index contributed by atoms with van der Waals surface area (Å²) in [4.78, 5) is 28.7. The molecular formula is C24H32N4O3. The summed E-state index contributed by atoms with van der Waals surface area (Å²) in [5, 5.41) is 5.69. The van der Waals surface area contributed by atoms with Gasteiger partial charge in [-0.25, -0.2) is 4.79 Å². The van der Waals surface area contributed by atoms with Crippen LogP contribution in [-0.4, -0.2) is 56.7 Å². The Balaban J connectivity index is 1.33. The Bertz CT molecular complexity index is 836. The van der Waals surface area contributed by atoms with Crippen molar-refractivity contribution >= 4 is 17.7 Å². The molecule has 0 bridgehead atoms. The Hall–Kier alpha value is -3.06. The second-order valence-electron chi connectivity index (χ2n) is 7.79. The molecule has 0 spiro atoms. The van der Waals surface area contributed by atoms with E-state index in [1.165, 1.54) is 5.69 Å². The number of anilines is 1. The maximum atomic E-state index is 12.2. The Labute approximate surface area is 184 Å². The number of hydrogen-bond donors (Lipinski definition) is 2. The number of carbonyl (C=O) groups is 2. The van der Waals surface area contributed by atoms with E-state index in [1.807, 2.05) is 42.5 Å². The van der Waals surface area contributed by atoms with Crippen LogP contribution in [0, 0.1) is 0 Å². The number of piperazine rings is 1. The van der Waals surface area contributed by atoms with Gasteiger partial charge in [-0.3, -0.25) is 4.79 Å². The molecule has 2 aromatic rings. The molecule has 1 saturated heterocycles. The molecule has 31 heavy (non-hydrogen) atoms. The number of alkyl carbamates (subject to hydrolysis) is 1. The molecule has 1 heterocycles. The Kier molecular flexibility index (Phi) is 8.72. The van der Waals surface area contributed by atoms with Crippen molar-refractivity contribution in [3.05, 3.63) is 65.7 Å². The fraction of sp³-hybridized carbons (Fsp3) is 0.417. The molecule has 7 nitrogen and oxygen atoms in total. The molecule has 2 aromatic carbocycles. The normalized spacial score (nSPS) is 14.2. The van der Waals surface area contributed by atoms with E-state index in [-0.39, 0.29) is 12.5 Å². The minimum Gasteiger partial charge on any atom is -0.445 e. The second-order valence-corrected chi connectivity index (χ2v) is 7.79. The van der Waals surface area contributed by atoms with Crippen LogP contribution >= 0.6 is 0 Å². The Morgan fingerprint density at radius 1 is 0.935 bits per heavy atom. The van der Waals surface area contributed by atoms with Gasteiger partial charge in [0.25, 0.3) is 0 Å². The third-order valence-electron chi connectivity index (χ3n) is 5.37. The highest BCUT2D eigenvalue weighted by Gasteiger charge is 2.16. The zero-order valence-electron chi connectivity index (χ0n) is 18.2. The van der Waals surface area contributed by atoms with Crippen LogP contribution in [-0.2, 0) is 22.7 Å². The summed E-state index contributed by atoms with van der Waals surface area (Å²) in [5.74, 6) is -0.0207. The van der Waals surface area contributed by atoms with E-state index in [0.29, 0.717) is 25.9 Å². The third kappa shape index (κ3) is 7.61. The first-order valence-electron chi connectivity index (χ1n) is 10.8. The number of nitrogens with one attached hydrogen (secondary N) is 2. The van der Waals surface area contributed by atoms with E-state index in [4.69, 9.17) is 4.74 Å². The van der Waals surface area contributed by atoms with Crippen molar-refractivity contribution in [1.82, 2.24) is 15.5 Å². The molecule has 0 aliphatic carbocycles. The molecule has 7 heteroatoms. The Morgan fingerprint density at radius 3 is 2.42 bits per heavy atom. The zero-order chi connectivity index (χ0) is 21.9. The molecule has 166 valence electrons. The number of para-hydroxylation sites is 1. The highest BCUT2D eigenvalue weighted by molar-refractivity contribution is 5.76. The molecule has 0 saturated carbocycles. The van der Waals surface area contributed by atoms with Crippen LogP contribution in [0.3, 0.4) is 0 Å². The summed E-state index contributed by atoms with van der Waals surface area (Å²) in [6, 6.07) is 17.8. The number of ether oxygens (including phenoxy) is 1. The number of benzene rings is 2. The monoisotopic (exact) mass is 424 g/mol. The number of nitrogens with zero attached hydrogens (tertiary/aromatic N) is 2. The van der Waals surface area contributed by atoms with Crippen molar-refractivity contribution in [1.29, 1.82) is 0 Å². The molecule has 2 N–H and O–H groups in total. The zero-order valence-corrected chi connectivity index (χ0v) is 18.2. The van der Waals surface area contributed by atoms with Gasteiger partial charge in [-0.2, -0.15) is 0 Å². The smallest absolute Gasteiger partial charge is 0.407 e. The summed E-state index contributed by atoms with van der Waals surface area (Å²) in [6.45, 7) is 5.22. The number of hydrogen-bond acceptors (Lipinski definition) is 5. The minimum absolute atomic E-state index is 0.0207. The van der Waals surface area contributed by atoms with Crippen molar-refractivity contribution < 1.29 is 14.3 Å². The van der Waals surface area contributed by atoms with Crippen molar-refractivity contribution in [2.45, 2.75) is 26.0 Å². The first kappa shape index (κ1) is 22.6. The predicted molar refractivity (Wildman–Crippen MR) is 122 cm³/mol. The second kappa shape index (κ2) is 12.0. The standard InChI is InChI=1S/C24H32N4O3/c1-27-14-16-28(17-15-27)22-11-6-5-10-21(22)18-26-23(29)12-7-13-25-24(30)31-19-20-8-3-2-4-9-20/h2-6,8-11H,7,12-19H2,1H3,(H,25,30)(H,26,29). The molecule has 0 aromatic heterocycles. The Morgan fingerprint density at radius 2 is 1.65 bits per heavy atom. The molecule has 1 aliphatic heterocycles. The van der Waals surface area contributed by atoms with Crippen molar-refractivity contribution in [3.8, 4) is 0 Å². The summed E-state index contributed by atoms with van der Waals surface area (Å²) in [5.41, 5.74) is 3.26. The van der Waals surface area contributed by atoms with Gasteiger partial charge in [0.1, 0.15) is 6.61 Å². The maximum Gasteiger partial charge on any atom is 0.407 e. The van der Waals surface area contributed by atoms with Gasteiger partial charge in [0.15, 0.2) is 0 Å². The first-order chi connectivity index (χ1) is 15.1. The van der Waals surface area contributed by atoms with Crippen molar-refractivity contribution in [2.75, 3.05) is 44.7 Å². The summed E-state index contributed by atoms with van der Waals surface area (Å²) in [7, 11) is 2.14. The van der Waals surface area contributed by atoms with Crippen molar-refractivity contribution in [2.24, 2.45) is 0 Å². The first-order valence-corrected chi connectivity index (χ1v) is 10.8. The van der Waals surface area contributed by atoms with E-state index in [1.54, 1.807) is 0 Å². The highest BCUT2D eigenvalue weighted by Crippen LogP contribution is 2.21. The molecule has 0 radical (unpaired) electrons. The maximum absolute atomic E-state index is 12.2. The number of amides is 2. The van der Waals surface area contributed by atoms with E-state index in [9.17, 15) is 9.59 Å². The molecule has 1 fully saturated rings.